The Kier molecular flexibility index (Phi) is 10.7. The third kappa shape index (κ3) is 7.08. The Morgan fingerprint density at radius 1 is 0.596 bits per heavy atom. The summed E-state index contributed by atoms with van der Waals surface area (Å²) < 4.78 is 23.0. The smallest absolute Gasteiger partial charge is 0.330 e. The van der Waals surface area contributed by atoms with E-state index >= 15 is 0 Å². The lowest BCUT2D eigenvalue weighted by atomic mass is 9.79. The number of benzene rings is 6. The average Bonchev–Trinajstić information content (AvgIpc) is 3.60. The quantitative estimate of drug-likeness (QED) is 0.0996. The number of hydrogen-bond acceptors (Lipinski definition) is 6. The maximum Gasteiger partial charge on any atom is 0.330 e. The van der Waals surface area contributed by atoms with Crippen molar-refractivity contribution < 1.29 is 14.2 Å². The van der Waals surface area contributed by atoms with E-state index in [1.165, 1.54) is 22.9 Å². The molecule has 57 heavy (non-hydrogen) atoms. The molecule has 0 radical (unpaired) electrons. The molecule has 1 N–H and O–H groups in total. The second-order valence-corrected chi connectivity index (χ2v) is 13.7. The van der Waals surface area contributed by atoms with Gasteiger partial charge in [-0.1, -0.05) is 182 Å². The number of allylic oxidation sites excluding steroid dienone is 1. The van der Waals surface area contributed by atoms with Crippen molar-refractivity contribution in [2.24, 2.45) is 0 Å². The first-order chi connectivity index (χ1) is 28.0. The third-order valence-corrected chi connectivity index (χ3v) is 10.5. The standard InChI is InChI=1S/C49H39N3O5/c50-33-31-42-43(35-55-48(36-19-7-1-8-20-36,37-21-9-2-10-22-37)38-23-11-3-12-24-38)56-46(52-34-32-44(53)51-47(52)54)45(42)57-49(39-25-13-4-14-26-39,40-27-15-5-16-28-40)41-29-17-6-18-30-41/h1-32,34,43,45-46H,35H2,(H,51,53,54)/b42-31+/t43-,45-,46-/m1/s1. The zero-order valence-electron chi connectivity index (χ0n) is 30.9. The molecule has 8 heteroatoms. The molecular weight excluding hydrogens is 711 g/mol. The van der Waals surface area contributed by atoms with Crippen LogP contribution in [0.25, 0.3) is 0 Å². The van der Waals surface area contributed by atoms with Crippen molar-refractivity contribution in [2.75, 3.05) is 6.61 Å². The summed E-state index contributed by atoms with van der Waals surface area (Å²) in [6.07, 6.45) is -0.225. The second-order valence-electron chi connectivity index (χ2n) is 13.7. The number of nitrogens with one attached hydrogen (secondary N) is 1. The van der Waals surface area contributed by atoms with Crippen LogP contribution in [0.2, 0.25) is 0 Å². The van der Waals surface area contributed by atoms with Crippen LogP contribution in [-0.2, 0) is 25.4 Å². The first kappa shape index (κ1) is 37.1. The lowest BCUT2D eigenvalue weighted by Gasteiger charge is -2.39. The minimum Gasteiger partial charge on any atom is -0.358 e. The normalized spacial score (nSPS) is 17.6. The highest BCUT2D eigenvalue weighted by molar-refractivity contribution is 5.49. The molecule has 0 saturated carbocycles. The van der Waals surface area contributed by atoms with Crippen LogP contribution in [-0.4, -0.2) is 28.4 Å². The van der Waals surface area contributed by atoms with Gasteiger partial charge in [0.05, 0.1) is 12.7 Å². The summed E-state index contributed by atoms with van der Waals surface area (Å²) >= 11 is 0. The molecule has 8 nitrogen and oxygen atoms in total. The van der Waals surface area contributed by atoms with Crippen LogP contribution >= 0.6 is 0 Å². The first-order valence-corrected chi connectivity index (χ1v) is 18.8. The fourth-order valence-electron chi connectivity index (χ4n) is 7.90. The van der Waals surface area contributed by atoms with Crippen molar-refractivity contribution in [1.29, 1.82) is 5.26 Å². The van der Waals surface area contributed by atoms with Gasteiger partial charge in [0.2, 0.25) is 0 Å². The van der Waals surface area contributed by atoms with Gasteiger partial charge in [-0.3, -0.25) is 14.3 Å². The molecule has 6 aromatic carbocycles. The van der Waals surface area contributed by atoms with Gasteiger partial charge < -0.3 is 14.2 Å². The highest BCUT2D eigenvalue weighted by atomic mass is 16.6. The van der Waals surface area contributed by atoms with Gasteiger partial charge in [0.1, 0.15) is 23.4 Å². The number of hydrogen-bond donors (Lipinski definition) is 1. The second kappa shape index (κ2) is 16.5. The van der Waals surface area contributed by atoms with Gasteiger partial charge in [-0.15, -0.1) is 0 Å². The Labute approximate surface area is 330 Å². The number of aromatic amines is 1. The fourth-order valence-corrected chi connectivity index (χ4v) is 7.90. The van der Waals surface area contributed by atoms with Gasteiger partial charge in [-0.2, -0.15) is 5.26 Å². The lowest BCUT2D eigenvalue weighted by molar-refractivity contribution is -0.118. The van der Waals surface area contributed by atoms with E-state index in [1.54, 1.807) is 0 Å². The Bertz CT molecular complexity index is 2400. The zero-order valence-corrected chi connectivity index (χ0v) is 30.9. The number of ether oxygens (including phenoxy) is 3. The minimum absolute atomic E-state index is 0.0460. The van der Waals surface area contributed by atoms with E-state index < -0.39 is 40.9 Å². The van der Waals surface area contributed by atoms with E-state index in [1.807, 2.05) is 182 Å². The summed E-state index contributed by atoms with van der Waals surface area (Å²) in [5.74, 6) is 0. The maximum absolute atomic E-state index is 13.6. The molecule has 0 bridgehead atoms. The van der Waals surface area contributed by atoms with Crippen LogP contribution in [0.15, 0.2) is 215 Å². The van der Waals surface area contributed by atoms with Crippen LogP contribution in [0.3, 0.4) is 0 Å². The van der Waals surface area contributed by atoms with E-state index in [2.05, 4.69) is 11.1 Å². The van der Waals surface area contributed by atoms with Crippen LogP contribution in [0.1, 0.15) is 39.6 Å². The Morgan fingerprint density at radius 3 is 1.35 bits per heavy atom. The van der Waals surface area contributed by atoms with E-state index in [-0.39, 0.29) is 6.61 Å². The van der Waals surface area contributed by atoms with Crippen LogP contribution in [0.5, 0.6) is 0 Å². The van der Waals surface area contributed by atoms with Crippen LogP contribution in [0.4, 0.5) is 0 Å². The molecule has 0 aliphatic carbocycles. The number of nitrogens with zero attached hydrogens (tertiary/aromatic N) is 2. The highest BCUT2D eigenvalue weighted by Crippen LogP contribution is 2.48. The van der Waals surface area contributed by atoms with Crippen LogP contribution < -0.4 is 11.2 Å². The van der Waals surface area contributed by atoms with Gasteiger partial charge in [0.25, 0.3) is 5.56 Å². The summed E-state index contributed by atoms with van der Waals surface area (Å²) in [7, 11) is 0. The Balaban J connectivity index is 1.31. The Morgan fingerprint density at radius 2 is 0.982 bits per heavy atom. The highest BCUT2D eigenvalue weighted by Gasteiger charge is 2.50. The first-order valence-electron chi connectivity index (χ1n) is 18.8. The number of nitriles is 1. The molecule has 0 spiro atoms. The predicted molar refractivity (Wildman–Crippen MR) is 218 cm³/mol. The number of aromatic nitrogens is 2. The minimum atomic E-state index is -1.26. The summed E-state index contributed by atoms with van der Waals surface area (Å²) in [6.45, 7) is -0.0460. The Hall–Kier alpha value is -6.89. The predicted octanol–water partition coefficient (Wildman–Crippen LogP) is 8.27. The van der Waals surface area contributed by atoms with E-state index in [0.29, 0.717) is 5.57 Å². The van der Waals surface area contributed by atoms with Gasteiger partial charge >= 0.3 is 5.69 Å². The molecule has 1 aliphatic heterocycles. The largest absolute Gasteiger partial charge is 0.358 e. The van der Waals surface area contributed by atoms with Crippen molar-refractivity contribution in [2.45, 2.75) is 29.6 Å². The summed E-state index contributed by atoms with van der Waals surface area (Å²) in [5.41, 5.74) is 2.02. The van der Waals surface area contributed by atoms with Crippen molar-refractivity contribution in [3.8, 4) is 6.07 Å². The third-order valence-electron chi connectivity index (χ3n) is 10.5. The molecule has 1 fully saturated rings. The lowest BCUT2D eigenvalue weighted by Crippen LogP contribution is -2.42. The summed E-state index contributed by atoms with van der Waals surface area (Å²) in [6, 6.07) is 63.0. The summed E-state index contributed by atoms with van der Waals surface area (Å²) in [5, 5.41) is 10.4. The SMILES string of the molecule is N#C/C=C1/[C@@H](OC(c2ccccc2)(c2ccccc2)c2ccccc2)[C@H](n2ccc(=O)[nH]c2=O)O[C@@H]1COC(c1ccccc1)(c1ccccc1)c1ccccc1. The molecule has 8 rings (SSSR count). The van der Waals surface area contributed by atoms with Crippen molar-refractivity contribution in [3.05, 3.63) is 260 Å². The molecule has 1 aliphatic rings. The molecule has 0 unspecified atom stereocenters. The molecule has 1 saturated heterocycles. The fraction of sp³-hybridized carbons (Fsp3) is 0.122. The zero-order chi connectivity index (χ0) is 39.1. The molecule has 280 valence electrons. The molecule has 3 atom stereocenters. The van der Waals surface area contributed by atoms with E-state index in [4.69, 9.17) is 14.2 Å². The summed E-state index contributed by atoms with van der Waals surface area (Å²) in [4.78, 5) is 28.4. The average molecular weight is 750 g/mol. The van der Waals surface area contributed by atoms with Crippen molar-refractivity contribution in [1.82, 2.24) is 9.55 Å². The molecule has 0 amide bonds. The van der Waals surface area contributed by atoms with E-state index in [9.17, 15) is 14.9 Å². The van der Waals surface area contributed by atoms with Gasteiger partial charge in [-0.25, -0.2) is 4.79 Å². The monoisotopic (exact) mass is 749 g/mol. The number of H-pyrrole nitrogens is 1. The van der Waals surface area contributed by atoms with Gasteiger partial charge in [0.15, 0.2) is 6.23 Å². The van der Waals surface area contributed by atoms with Crippen molar-refractivity contribution >= 4 is 0 Å². The van der Waals surface area contributed by atoms with Gasteiger partial charge in [-0.05, 0) is 33.4 Å². The van der Waals surface area contributed by atoms with Crippen molar-refractivity contribution in [3.63, 3.8) is 0 Å². The molecule has 2 heterocycles. The van der Waals surface area contributed by atoms with Crippen LogP contribution in [0, 0.1) is 11.3 Å². The molecular formula is C49H39N3O5. The molecule has 7 aromatic rings. The maximum atomic E-state index is 13.6. The topological polar surface area (TPSA) is 106 Å². The van der Waals surface area contributed by atoms with E-state index in [0.717, 1.165) is 33.4 Å². The molecule has 1 aromatic heterocycles. The van der Waals surface area contributed by atoms with Gasteiger partial charge in [0, 0.05) is 23.9 Å². The number of rotatable bonds is 12.